The van der Waals surface area contributed by atoms with Gasteiger partial charge in [0, 0.05) is 6.42 Å². The average molecular weight is 293 g/mol. The SMILES string of the molecule is C.CCC(=O)OC.CCN(CC(=O)OC)CC(=O)OC. The van der Waals surface area contributed by atoms with E-state index in [-0.39, 0.29) is 38.4 Å². The van der Waals surface area contributed by atoms with E-state index in [0.29, 0.717) is 13.0 Å². The largest absolute Gasteiger partial charge is 0.469 e. The van der Waals surface area contributed by atoms with Crippen molar-refractivity contribution in [2.24, 2.45) is 0 Å². The summed E-state index contributed by atoms with van der Waals surface area (Å²) >= 11 is 0. The molecule has 7 heteroatoms. The summed E-state index contributed by atoms with van der Waals surface area (Å²) in [7, 11) is 4.01. The number of carbonyl (C=O) groups excluding carboxylic acids is 3. The van der Waals surface area contributed by atoms with E-state index >= 15 is 0 Å². The van der Waals surface area contributed by atoms with Crippen LogP contribution in [0.3, 0.4) is 0 Å². The minimum atomic E-state index is -0.356. The second kappa shape index (κ2) is 15.4. The van der Waals surface area contributed by atoms with E-state index < -0.39 is 0 Å². The zero-order valence-corrected chi connectivity index (χ0v) is 12.2. The first-order valence-corrected chi connectivity index (χ1v) is 5.87. The highest BCUT2D eigenvalue weighted by atomic mass is 16.5. The Balaban J connectivity index is -0.000000352. The number of ether oxygens (including phenoxy) is 3. The molecule has 0 heterocycles. The van der Waals surface area contributed by atoms with E-state index in [1.807, 2.05) is 6.92 Å². The summed E-state index contributed by atoms with van der Waals surface area (Å²) in [5, 5.41) is 0. The summed E-state index contributed by atoms with van der Waals surface area (Å²) in [5.74, 6) is -0.869. The van der Waals surface area contributed by atoms with E-state index in [1.165, 1.54) is 21.3 Å². The topological polar surface area (TPSA) is 82.1 Å². The van der Waals surface area contributed by atoms with Gasteiger partial charge in [0.1, 0.15) is 0 Å². The van der Waals surface area contributed by atoms with Crippen LogP contribution in [-0.2, 0) is 28.6 Å². The molecule has 0 radical (unpaired) electrons. The molecule has 0 saturated carbocycles. The maximum absolute atomic E-state index is 10.8. The lowest BCUT2D eigenvalue weighted by molar-refractivity contribution is -0.145. The van der Waals surface area contributed by atoms with Crippen LogP contribution >= 0.6 is 0 Å². The van der Waals surface area contributed by atoms with Gasteiger partial charge >= 0.3 is 17.9 Å². The highest BCUT2D eigenvalue weighted by Crippen LogP contribution is 1.90. The number of nitrogens with zero attached hydrogens (tertiary/aromatic N) is 1. The van der Waals surface area contributed by atoms with Crippen molar-refractivity contribution in [2.75, 3.05) is 41.0 Å². The van der Waals surface area contributed by atoms with Crippen molar-refractivity contribution >= 4 is 17.9 Å². The number of likely N-dealkylation sites (N-methyl/N-ethyl adjacent to an activating group) is 1. The number of hydrogen-bond acceptors (Lipinski definition) is 7. The second-order valence-corrected chi connectivity index (χ2v) is 3.39. The molecule has 0 aliphatic rings. The third kappa shape index (κ3) is 14.4. The van der Waals surface area contributed by atoms with Gasteiger partial charge in [0.2, 0.25) is 0 Å². The molecule has 0 aromatic rings. The molecule has 7 nitrogen and oxygen atoms in total. The van der Waals surface area contributed by atoms with Gasteiger partial charge in [-0.2, -0.15) is 0 Å². The van der Waals surface area contributed by atoms with Crippen LogP contribution in [0.2, 0.25) is 0 Å². The molecule has 20 heavy (non-hydrogen) atoms. The normalized spacial score (nSPS) is 8.70. The predicted molar refractivity (Wildman–Crippen MR) is 75.2 cm³/mol. The zero-order valence-electron chi connectivity index (χ0n) is 12.2. The van der Waals surface area contributed by atoms with Gasteiger partial charge in [0.05, 0.1) is 34.4 Å². The van der Waals surface area contributed by atoms with Crippen LogP contribution in [0.4, 0.5) is 0 Å². The first-order valence-electron chi connectivity index (χ1n) is 5.87. The fraction of sp³-hybridized carbons (Fsp3) is 0.769. The fourth-order valence-corrected chi connectivity index (χ4v) is 0.918. The van der Waals surface area contributed by atoms with Crippen LogP contribution < -0.4 is 0 Å². The van der Waals surface area contributed by atoms with Gasteiger partial charge in [-0.25, -0.2) is 0 Å². The second-order valence-electron chi connectivity index (χ2n) is 3.39. The van der Waals surface area contributed by atoms with Crippen molar-refractivity contribution in [2.45, 2.75) is 27.7 Å². The van der Waals surface area contributed by atoms with Crippen LogP contribution in [0.25, 0.3) is 0 Å². The Morgan fingerprint density at radius 1 is 0.800 bits per heavy atom. The molecule has 0 rings (SSSR count). The highest BCUT2D eigenvalue weighted by molar-refractivity contribution is 5.74. The first-order chi connectivity index (χ1) is 8.94. The Morgan fingerprint density at radius 2 is 1.15 bits per heavy atom. The van der Waals surface area contributed by atoms with Crippen LogP contribution in [0.1, 0.15) is 27.7 Å². The molecule has 0 aliphatic carbocycles. The van der Waals surface area contributed by atoms with Crippen LogP contribution in [0.15, 0.2) is 0 Å². The van der Waals surface area contributed by atoms with Crippen LogP contribution in [0.5, 0.6) is 0 Å². The Hall–Kier alpha value is -1.63. The lowest BCUT2D eigenvalue weighted by Crippen LogP contribution is -2.35. The molecular formula is C13H27NO6. The Kier molecular flexibility index (Phi) is 18.1. The molecule has 0 unspecified atom stereocenters. The maximum atomic E-state index is 10.8. The van der Waals surface area contributed by atoms with Crippen molar-refractivity contribution in [3.8, 4) is 0 Å². The Labute approximate surface area is 121 Å². The fourth-order valence-electron chi connectivity index (χ4n) is 0.918. The standard InChI is InChI=1S/C8H15NO4.C4H8O2.CH4/c1-4-9(5-7(10)12-2)6-8(11)13-3;1-3-4(5)6-2;/h4-6H2,1-3H3;3H2,1-2H3;1H4. The van der Waals surface area contributed by atoms with Gasteiger partial charge in [-0.1, -0.05) is 21.3 Å². The number of hydrogen-bond donors (Lipinski definition) is 0. The van der Waals surface area contributed by atoms with Crippen molar-refractivity contribution < 1.29 is 28.6 Å². The van der Waals surface area contributed by atoms with E-state index in [2.05, 4.69) is 14.2 Å². The van der Waals surface area contributed by atoms with Gasteiger partial charge in [0.15, 0.2) is 0 Å². The molecule has 0 N–H and O–H groups in total. The predicted octanol–water partition coefficient (Wildman–Crippen LogP) is 0.860. The highest BCUT2D eigenvalue weighted by Gasteiger charge is 2.12. The van der Waals surface area contributed by atoms with E-state index in [1.54, 1.807) is 11.8 Å². The zero-order chi connectivity index (χ0) is 15.3. The minimum absolute atomic E-state index is 0. The molecule has 0 aromatic heterocycles. The quantitative estimate of drug-likeness (QED) is 0.530. The molecule has 0 spiro atoms. The summed E-state index contributed by atoms with van der Waals surface area (Å²) < 4.78 is 13.2. The third-order valence-corrected chi connectivity index (χ3v) is 2.12. The maximum Gasteiger partial charge on any atom is 0.319 e. The molecule has 0 fully saturated rings. The van der Waals surface area contributed by atoms with E-state index in [4.69, 9.17) is 0 Å². The number of esters is 3. The Bertz CT molecular complexity index is 256. The van der Waals surface area contributed by atoms with Gasteiger partial charge in [-0.3, -0.25) is 19.3 Å². The van der Waals surface area contributed by atoms with Crippen molar-refractivity contribution in [3.63, 3.8) is 0 Å². The lowest BCUT2D eigenvalue weighted by Gasteiger charge is -2.16. The molecule has 120 valence electrons. The molecule has 0 saturated heterocycles. The monoisotopic (exact) mass is 293 g/mol. The van der Waals surface area contributed by atoms with Gasteiger partial charge in [-0.15, -0.1) is 0 Å². The minimum Gasteiger partial charge on any atom is -0.469 e. The van der Waals surface area contributed by atoms with Crippen molar-refractivity contribution in [3.05, 3.63) is 0 Å². The first kappa shape index (κ1) is 23.5. The molecule has 0 bridgehead atoms. The number of carbonyl (C=O) groups is 3. The third-order valence-electron chi connectivity index (χ3n) is 2.12. The Morgan fingerprint density at radius 3 is 1.30 bits per heavy atom. The lowest BCUT2D eigenvalue weighted by atomic mass is 10.4. The van der Waals surface area contributed by atoms with Crippen molar-refractivity contribution in [1.82, 2.24) is 4.90 Å². The smallest absolute Gasteiger partial charge is 0.319 e. The molecule has 0 aromatic carbocycles. The van der Waals surface area contributed by atoms with Crippen LogP contribution in [0, 0.1) is 0 Å². The van der Waals surface area contributed by atoms with Gasteiger partial charge in [0.25, 0.3) is 0 Å². The van der Waals surface area contributed by atoms with Gasteiger partial charge < -0.3 is 14.2 Å². The molecule has 0 atom stereocenters. The van der Waals surface area contributed by atoms with Crippen LogP contribution in [-0.4, -0.2) is 63.8 Å². The van der Waals surface area contributed by atoms with E-state index in [9.17, 15) is 14.4 Å². The summed E-state index contributed by atoms with van der Waals surface area (Å²) in [4.78, 5) is 33.3. The summed E-state index contributed by atoms with van der Waals surface area (Å²) in [6, 6.07) is 0. The van der Waals surface area contributed by atoms with Gasteiger partial charge in [-0.05, 0) is 6.54 Å². The summed E-state index contributed by atoms with van der Waals surface area (Å²) in [5.41, 5.74) is 0. The molecular weight excluding hydrogens is 266 g/mol. The molecule has 0 aliphatic heterocycles. The average Bonchev–Trinajstić information content (AvgIpc) is 2.45. The summed E-state index contributed by atoms with van der Waals surface area (Å²) in [6.45, 7) is 4.44. The number of rotatable bonds is 6. The molecule has 0 amide bonds. The van der Waals surface area contributed by atoms with Crippen molar-refractivity contribution in [1.29, 1.82) is 0 Å². The summed E-state index contributed by atoms with van der Waals surface area (Å²) in [6.07, 6.45) is 0.469. The van der Waals surface area contributed by atoms with E-state index in [0.717, 1.165) is 0 Å². The number of methoxy groups -OCH3 is 3.